The van der Waals surface area contributed by atoms with Crippen LogP contribution in [-0.4, -0.2) is 31.0 Å². The first kappa shape index (κ1) is 20.0. The van der Waals surface area contributed by atoms with Crippen molar-refractivity contribution in [3.8, 4) is 0 Å². The Morgan fingerprint density at radius 1 is 1.12 bits per heavy atom. The molecule has 134 valence electrons. The quantitative estimate of drug-likeness (QED) is 0.370. The molecule has 0 bridgehead atoms. The maximum atomic E-state index is 11.7. The summed E-state index contributed by atoms with van der Waals surface area (Å²) in [4.78, 5) is 16.3. The van der Waals surface area contributed by atoms with Crippen LogP contribution in [0.3, 0.4) is 0 Å². The summed E-state index contributed by atoms with van der Waals surface area (Å²) in [5.41, 5.74) is 2.42. The van der Waals surface area contributed by atoms with E-state index in [4.69, 9.17) is 0 Å². The molecule has 1 rings (SSSR count). The predicted octanol–water partition coefficient (Wildman–Crippen LogP) is 2.75. The zero-order valence-corrected chi connectivity index (χ0v) is 15.5. The molecule has 1 amide bonds. The van der Waals surface area contributed by atoms with Gasteiger partial charge < -0.3 is 16.0 Å². The van der Waals surface area contributed by atoms with Gasteiger partial charge in [0.2, 0.25) is 5.91 Å². The lowest BCUT2D eigenvalue weighted by Crippen LogP contribution is -2.40. The van der Waals surface area contributed by atoms with Gasteiger partial charge in [0.15, 0.2) is 5.96 Å². The van der Waals surface area contributed by atoms with E-state index in [-0.39, 0.29) is 11.9 Å². The van der Waals surface area contributed by atoms with Crippen molar-refractivity contribution in [2.75, 3.05) is 13.1 Å². The van der Waals surface area contributed by atoms with Crippen LogP contribution < -0.4 is 16.0 Å². The van der Waals surface area contributed by atoms with Crippen molar-refractivity contribution in [1.29, 1.82) is 0 Å². The molecule has 0 saturated heterocycles. The van der Waals surface area contributed by atoms with E-state index in [0.717, 1.165) is 25.3 Å². The number of hydrogen-bond donors (Lipinski definition) is 3. The minimum Gasteiger partial charge on any atom is -0.356 e. The fourth-order valence-corrected chi connectivity index (χ4v) is 2.11. The summed E-state index contributed by atoms with van der Waals surface area (Å²) >= 11 is 0. The maximum absolute atomic E-state index is 11.7. The number of rotatable bonds is 9. The van der Waals surface area contributed by atoms with Crippen LogP contribution in [0.25, 0.3) is 0 Å². The van der Waals surface area contributed by atoms with Gasteiger partial charge in [0.05, 0.1) is 6.54 Å². The molecule has 1 aromatic rings. The minimum absolute atomic E-state index is 0.0592. The zero-order chi connectivity index (χ0) is 17.8. The van der Waals surface area contributed by atoms with Gasteiger partial charge in [0.25, 0.3) is 0 Å². The van der Waals surface area contributed by atoms with E-state index in [1.165, 1.54) is 11.1 Å². The smallest absolute Gasteiger partial charge is 0.221 e. The molecule has 5 heteroatoms. The molecule has 0 atom stereocenters. The fourth-order valence-electron chi connectivity index (χ4n) is 2.11. The third-order valence-corrected chi connectivity index (χ3v) is 3.46. The van der Waals surface area contributed by atoms with Gasteiger partial charge in [-0.15, -0.1) is 0 Å². The van der Waals surface area contributed by atoms with Crippen LogP contribution in [0.1, 0.15) is 51.2 Å². The molecule has 24 heavy (non-hydrogen) atoms. The highest BCUT2D eigenvalue weighted by atomic mass is 16.1. The molecule has 0 aliphatic rings. The number of aliphatic imine (C=N–C) groups is 1. The number of nitrogens with one attached hydrogen (secondary N) is 3. The van der Waals surface area contributed by atoms with Crippen LogP contribution in [0.4, 0.5) is 0 Å². The summed E-state index contributed by atoms with van der Waals surface area (Å²) in [5, 5.41) is 9.46. The first-order valence-electron chi connectivity index (χ1n) is 8.88. The molecule has 5 nitrogen and oxygen atoms in total. The van der Waals surface area contributed by atoms with Crippen LogP contribution >= 0.6 is 0 Å². The molecule has 3 N–H and O–H groups in total. The van der Waals surface area contributed by atoms with Crippen molar-refractivity contribution in [3.05, 3.63) is 35.4 Å². The first-order chi connectivity index (χ1) is 11.5. The first-order valence-corrected chi connectivity index (χ1v) is 8.88. The number of guanidine groups is 1. The molecule has 0 radical (unpaired) electrons. The van der Waals surface area contributed by atoms with Crippen LogP contribution in [0, 0.1) is 6.92 Å². The lowest BCUT2D eigenvalue weighted by atomic mass is 10.1. The molecule has 1 aromatic carbocycles. The van der Waals surface area contributed by atoms with Crippen LogP contribution in [0.15, 0.2) is 29.3 Å². The van der Waals surface area contributed by atoms with Crippen molar-refractivity contribution < 1.29 is 4.79 Å². The second-order valence-electron chi connectivity index (χ2n) is 6.33. The highest BCUT2D eigenvalue weighted by Gasteiger charge is 2.04. The van der Waals surface area contributed by atoms with Crippen molar-refractivity contribution in [2.24, 2.45) is 4.99 Å². The molecule has 0 aliphatic heterocycles. The number of aryl methyl sites for hydroxylation is 1. The van der Waals surface area contributed by atoms with Gasteiger partial charge in [-0.05, 0) is 32.8 Å². The summed E-state index contributed by atoms with van der Waals surface area (Å²) in [6.45, 7) is 10.2. The van der Waals surface area contributed by atoms with Gasteiger partial charge in [0, 0.05) is 25.6 Å². The average Bonchev–Trinajstić information content (AvgIpc) is 2.53. The molecule has 0 fully saturated rings. The summed E-state index contributed by atoms with van der Waals surface area (Å²) in [5.74, 6) is 0.824. The summed E-state index contributed by atoms with van der Waals surface area (Å²) < 4.78 is 0. The Hall–Kier alpha value is -2.04. The van der Waals surface area contributed by atoms with E-state index in [9.17, 15) is 4.79 Å². The molecule has 0 unspecified atom stereocenters. The van der Waals surface area contributed by atoms with Crippen molar-refractivity contribution >= 4 is 11.9 Å². The Bertz CT molecular complexity index is 509. The fraction of sp³-hybridized carbons (Fsp3) is 0.579. The largest absolute Gasteiger partial charge is 0.356 e. The highest BCUT2D eigenvalue weighted by molar-refractivity contribution is 5.81. The Morgan fingerprint density at radius 3 is 2.42 bits per heavy atom. The Balaban J connectivity index is 2.50. The predicted molar refractivity (Wildman–Crippen MR) is 101 cm³/mol. The molecule has 0 aliphatic carbocycles. The molecule has 0 heterocycles. The lowest BCUT2D eigenvalue weighted by Gasteiger charge is -2.13. The second-order valence-corrected chi connectivity index (χ2v) is 6.33. The molecular formula is C19H32N4O. The van der Waals surface area contributed by atoms with E-state index in [0.29, 0.717) is 19.5 Å². The highest BCUT2D eigenvalue weighted by Crippen LogP contribution is 2.04. The van der Waals surface area contributed by atoms with Crippen LogP contribution in [0.2, 0.25) is 0 Å². The zero-order valence-electron chi connectivity index (χ0n) is 15.5. The van der Waals surface area contributed by atoms with Crippen molar-refractivity contribution in [3.63, 3.8) is 0 Å². The van der Waals surface area contributed by atoms with E-state index in [1.807, 2.05) is 13.8 Å². The van der Waals surface area contributed by atoms with E-state index < -0.39 is 0 Å². The Labute approximate surface area is 146 Å². The van der Waals surface area contributed by atoms with Gasteiger partial charge in [0.1, 0.15) is 0 Å². The van der Waals surface area contributed by atoms with Crippen molar-refractivity contribution in [1.82, 2.24) is 16.0 Å². The third-order valence-electron chi connectivity index (χ3n) is 3.46. The summed E-state index contributed by atoms with van der Waals surface area (Å²) in [7, 11) is 0. The number of amides is 1. The van der Waals surface area contributed by atoms with Crippen LogP contribution in [-0.2, 0) is 11.3 Å². The number of nitrogens with zero attached hydrogens (tertiary/aromatic N) is 1. The summed E-state index contributed by atoms with van der Waals surface area (Å²) in [6, 6.07) is 8.56. The minimum atomic E-state index is 0.0592. The topological polar surface area (TPSA) is 65.5 Å². The molecule has 0 saturated carbocycles. The number of unbranched alkanes of at least 4 members (excludes halogenated alkanes) is 1. The Kier molecular flexibility index (Phi) is 9.58. The normalized spacial score (nSPS) is 11.5. The maximum Gasteiger partial charge on any atom is 0.221 e. The van der Waals surface area contributed by atoms with E-state index in [1.54, 1.807) is 0 Å². The van der Waals surface area contributed by atoms with Gasteiger partial charge in [-0.3, -0.25) is 4.79 Å². The molecular weight excluding hydrogens is 300 g/mol. The average molecular weight is 332 g/mol. The third kappa shape index (κ3) is 9.18. The Morgan fingerprint density at radius 2 is 1.79 bits per heavy atom. The van der Waals surface area contributed by atoms with Gasteiger partial charge in [-0.2, -0.15) is 0 Å². The molecule has 0 aromatic heterocycles. The van der Waals surface area contributed by atoms with Crippen LogP contribution in [0.5, 0.6) is 0 Å². The number of benzene rings is 1. The van der Waals surface area contributed by atoms with Gasteiger partial charge >= 0.3 is 0 Å². The number of carbonyl (C=O) groups excluding carboxylic acids is 1. The second kappa shape index (κ2) is 11.5. The van der Waals surface area contributed by atoms with E-state index in [2.05, 4.69) is 59.1 Å². The SMILES string of the molecule is CCCCNC(=NCc1ccc(C)cc1)NCCC(=O)NC(C)C. The number of hydrogen-bond acceptors (Lipinski definition) is 2. The number of carbonyl (C=O) groups is 1. The van der Waals surface area contributed by atoms with Gasteiger partial charge in [-0.1, -0.05) is 43.2 Å². The summed E-state index contributed by atoms with van der Waals surface area (Å²) in [6.07, 6.45) is 2.67. The standard InChI is InChI=1S/C19H32N4O/c1-5-6-12-20-19(21-13-11-18(24)23-15(2)3)22-14-17-9-7-16(4)8-10-17/h7-10,15H,5-6,11-14H2,1-4H3,(H,23,24)(H2,20,21,22). The lowest BCUT2D eigenvalue weighted by molar-refractivity contribution is -0.121. The van der Waals surface area contributed by atoms with Crippen molar-refractivity contribution in [2.45, 2.75) is 59.5 Å². The van der Waals surface area contributed by atoms with Gasteiger partial charge in [-0.25, -0.2) is 4.99 Å². The van der Waals surface area contributed by atoms with E-state index >= 15 is 0 Å². The molecule has 0 spiro atoms. The monoisotopic (exact) mass is 332 g/mol.